The third kappa shape index (κ3) is 7.10. The van der Waals surface area contributed by atoms with Crippen molar-refractivity contribution in [3.05, 3.63) is 0 Å². The lowest BCUT2D eigenvalue weighted by Gasteiger charge is -2.25. The average molecular weight is 184 g/mol. The SMILES string of the molecule is CCCC(C)CCC(C)(C)CCC. The van der Waals surface area contributed by atoms with Crippen molar-refractivity contribution >= 4 is 0 Å². The highest BCUT2D eigenvalue weighted by Gasteiger charge is 2.17. The predicted molar refractivity (Wildman–Crippen MR) is 62.0 cm³/mol. The van der Waals surface area contributed by atoms with Crippen LogP contribution in [-0.2, 0) is 0 Å². The van der Waals surface area contributed by atoms with Crippen molar-refractivity contribution in [1.29, 1.82) is 0 Å². The summed E-state index contributed by atoms with van der Waals surface area (Å²) in [5.74, 6) is 0.932. The van der Waals surface area contributed by atoms with Crippen LogP contribution in [0.3, 0.4) is 0 Å². The van der Waals surface area contributed by atoms with Gasteiger partial charge in [-0.1, -0.05) is 60.3 Å². The van der Waals surface area contributed by atoms with Gasteiger partial charge in [-0.05, 0) is 24.2 Å². The van der Waals surface area contributed by atoms with Crippen molar-refractivity contribution in [2.45, 2.75) is 73.1 Å². The first-order valence-electron chi connectivity index (χ1n) is 6.02. The van der Waals surface area contributed by atoms with Crippen LogP contribution in [0, 0.1) is 11.3 Å². The highest BCUT2D eigenvalue weighted by atomic mass is 14.2. The Morgan fingerprint density at radius 2 is 1.54 bits per heavy atom. The summed E-state index contributed by atoms with van der Waals surface area (Å²) in [5.41, 5.74) is 0.580. The third-order valence-corrected chi connectivity index (χ3v) is 3.02. The number of hydrogen-bond acceptors (Lipinski definition) is 0. The molecule has 0 N–H and O–H groups in total. The largest absolute Gasteiger partial charge is 0.0654 e. The van der Waals surface area contributed by atoms with Crippen LogP contribution in [0.2, 0.25) is 0 Å². The Morgan fingerprint density at radius 3 is 2.00 bits per heavy atom. The minimum absolute atomic E-state index is 0.580. The van der Waals surface area contributed by atoms with Crippen molar-refractivity contribution in [3.8, 4) is 0 Å². The topological polar surface area (TPSA) is 0 Å². The summed E-state index contributed by atoms with van der Waals surface area (Å²) in [6.07, 6.45) is 8.28. The smallest absolute Gasteiger partial charge is 0.0354 e. The summed E-state index contributed by atoms with van der Waals surface area (Å²) in [5, 5.41) is 0. The molecule has 80 valence electrons. The molecule has 0 saturated heterocycles. The fourth-order valence-corrected chi connectivity index (χ4v) is 2.08. The molecule has 0 fully saturated rings. The Morgan fingerprint density at radius 1 is 0.923 bits per heavy atom. The molecule has 0 bridgehead atoms. The van der Waals surface area contributed by atoms with E-state index in [2.05, 4.69) is 34.6 Å². The van der Waals surface area contributed by atoms with Crippen LogP contribution in [-0.4, -0.2) is 0 Å². The summed E-state index contributed by atoms with van der Waals surface area (Å²) < 4.78 is 0. The maximum absolute atomic E-state index is 2.41. The molecular weight excluding hydrogens is 156 g/mol. The lowest BCUT2D eigenvalue weighted by Crippen LogP contribution is -2.12. The Labute approximate surface area is 85.1 Å². The molecule has 0 aliphatic carbocycles. The van der Waals surface area contributed by atoms with Gasteiger partial charge in [0.15, 0.2) is 0 Å². The molecule has 1 atom stereocenters. The first-order valence-corrected chi connectivity index (χ1v) is 6.02. The zero-order valence-electron chi connectivity index (χ0n) is 10.3. The molecule has 0 heterocycles. The van der Waals surface area contributed by atoms with E-state index in [4.69, 9.17) is 0 Å². The maximum atomic E-state index is 2.41. The average Bonchev–Trinajstić information content (AvgIpc) is 2.02. The van der Waals surface area contributed by atoms with Gasteiger partial charge in [0.25, 0.3) is 0 Å². The zero-order valence-corrected chi connectivity index (χ0v) is 10.3. The lowest BCUT2D eigenvalue weighted by molar-refractivity contribution is 0.270. The Kier molecular flexibility index (Phi) is 6.45. The van der Waals surface area contributed by atoms with E-state index in [-0.39, 0.29) is 0 Å². The van der Waals surface area contributed by atoms with Crippen LogP contribution in [0.5, 0.6) is 0 Å². The van der Waals surface area contributed by atoms with Crippen LogP contribution in [0.1, 0.15) is 73.1 Å². The van der Waals surface area contributed by atoms with Gasteiger partial charge in [0, 0.05) is 0 Å². The highest BCUT2D eigenvalue weighted by molar-refractivity contribution is 4.69. The van der Waals surface area contributed by atoms with E-state index in [0.29, 0.717) is 5.41 Å². The van der Waals surface area contributed by atoms with Gasteiger partial charge < -0.3 is 0 Å². The molecular formula is C13H28. The fraction of sp³-hybridized carbons (Fsp3) is 1.00. The Hall–Kier alpha value is 0. The second-order valence-electron chi connectivity index (χ2n) is 5.35. The van der Waals surface area contributed by atoms with Gasteiger partial charge in [0.2, 0.25) is 0 Å². The first-order chi connectivity index (χ1) is 6.02. The van der Waals surface area contributed by atoms with Gasteiger partial charge in [-0.3, -0.25) is 0 Å². The standard InChI is InChI=1S/C13H28/c1-6-8-12(3)9-11-13(4,5)10-7-2/h12H,6-11H2,1-5H3. The zero-order chi connectivity index (χ0) is 10.3. The predicted octanol–water partition coefficient (Wildman–Crippen LogP) is 5.03. The molecule has 0 nitrogen and oxygen atoms in total. The molecule has 0 aliphatic rings. The van der Waals surface area contributed by atoms with Crippen molar-refractivity contribution < 1.29 is 0 Å². The van der Waals surface area contributed by atoms with E-state index in [1.54, 1.807) is 0 Å². The molecule has 0 heteroatoms. The molecule has 0 rings (SSSR count). The molecule has 0 aromatic rings. The van der Waals surface area contributed by atoms with E-state index >= 15 is 0 Å². The van der Waals surface area contributed by atoms with Crippen LogP contribution in [0.25, 0.3) is 0 Å². The van der Waals surface area contributed by atoms with Crippen molar-refractivity contribution in [1.82, 2.24) is 0 Å². The molecule has 0 amide bonds. The maximum Gasteiger partial charge on any atom is -0.0354 e. The number of rotatable bonds is 7. The van der Waals surface area contributed by atoms with E-state index in [1.807, 2.05) is 0 Å². The molecule has 0 aromatic carbocycles. The van der Waals surface area contributed by atoms with E-state index in [9.17, 15) is 0 Å². The molecule has 1 unspecified atom stereocenters. The summed E-state index contributed by atoms with van der Waals surface area (Å²) >= 11 is 0. The second-order valence-corrected chi connectivity index (χ2v) is 5.35. The third-order valence-electron chi connectivity index (χ3n) is 3.02. The van der Waals surface area contributed by atoms with Crippen molar-refractivity contribution in [3.63, 3.8) is 0 Å². The van der Waals surface area contributed by atoms with E-state index < -0.39 is 0 Å². The molecule has 0 radical (unpaired) electrons. The van der Waals surface area contributed by atoms with Gasteiger partial charge in [-0.15, -0.1) is 0 Å². The second kappa shape index (κ2) is 6.45. The quantitative estimate of drug-likeness (QED) is 0.520. The highest BCUT2D eigenvalue weighted by Crippen LogP contribution is 2.30. The van der Waals surface area contributed by atoms with Crippen LogP contribution in [0.15, 0.2) is 0 Å². The first kappa shape index (κ1) is 13.0. The minimum atomic E-state index is 0.580. The fourth-order valence-electron chi connectivity index (χ4n) is 2.08. The van der Waals surface area contributed by atoms with Gasteiger partial charge in [-0.25, -0.2) is 0 Å². The van der Waals surface area contributed by atoms with Crippen LogP contribution in [0.4, 0.5) is 0 Å². The Balaban J connectivity index is 3.60. The minimum Gasteiger partial charge on any atom is -0.0654 e. The van der Waals surface area contributed by atoms with Gasteiger partial charge in [0.1, 0.15) is 0 Å². The molecule has 0 aliphatic heterocycles. The van der Waals surface area contributed by atoms with Crippen LogP contribution < -0.4 is 0 Å². The normalized spacial score (nSPS) is 14.5. The van der Waals surface area contributed by atoms with Crippen molar-refractivity contribution in [2.24, 2.45) is 11.3 Å². The summed E-state index contributed by atoms with van der Waals surface area (Å²) in [6.45, 7) is 11.8. The molecule has 0 saturated carbocycles. The Bertz CT molecular complexity index is 113. The molecule has 0 aromatic heterocycles. The summed E-state index contributed by atoms with van der Waals surface area (Å²) in [6, 6.07) is 0. The lowest BCUT2D eigenvalue weighted by atomic mass is 9.81. The van der Waals surface area contributed by atoms with Crippen molar-refractivity contribution in [2.75, 3.05) is 0 Å². The van der Waals surface area contributed by atoms with E-state index in [0.717, 1.165) is 5.92 Å². The van der Waals surface area contributed by atoms with Gasteiger partial charge >= 0.3 is 0 Å². The van der Waals surface area contributed by atoms with E-state index in [1.165, 1.54) is 38.5 Å². The number of hydrogen-bond donors (Lipinski definition) is 0. The molecule has 13 heavy (non-hydrogen) atoms. The van der Waals surface area contributed by atoms with Gasteiger partial charge in [0.05, 0.1) is 0 Å². The monoisotopic (exact) mass is 184 g/mol. The van der Waals surface area contributed by atoms with Crippen LogP contribution >= 0.6 is 0 Å². The molecule has 0 spiro atoms. The summed E-state index contributed by atoms with van der Waals surface area (Å²) in [7, 11) is 0. The summed E-state index contributed by atoms with van der Waals surface area (Å²) in [4.78, 5) is 0. The van der Waals surface area contributed by atoms with Gasteiger partial charge in [-0.2, -0.15) is 0 Å².